The highest BCUT2D eigenvalue weighted by molar-refractivity contribution is 6.22. The second-order valence-electron chi connectivity index (χ2n) is 9.43. The van der Waals surface area contributed by atoms with Crippen LogP contribution in [0.2, 0.25) is 0 Å². The molecule has 0 heterocycles. The first kappa shape index (κ1) is 27.6. The maximum absolute atomic E-state index is 13.4. The number of carbonyl (C=O) groups is 4. The number of rotatable bonds is 7. The molecule has 1 aliphatic carbocycles. The van der Waals surface area contributed by atoms with Crippen LogP contribution in [0.3, 0.4) is 0 Å². The molecule has 0 radical (unpaired) electrons. The van der Waals surface area contributed by atoms with E-state index in [4.69, 9.17) is 9.47 Å². The molecular formula is C26H22N2O10. The van der Waals surface area contributed by atoms with Crippen LogP contribution in [-0.2, 0) is 19.1 Å². The molecule has 0 fully saturated rings. The van der Waals surface area contributed by atoms with Gasteiger partial charge in [0, 0.05) is 30.3 Å². The van der Waals surface area contributed by atoms with Crippen molar-refractivity contribution in [1.82, 2.24) is 0 Å². The largest absolute Gasteiger partial charge is 0.419 e. The Bertz CT molecular complexity index is 1450. The number of allylic oxidation sites excluding steroid dienone is 2. The summed E-state index contributed by atoms with van der Waals surface area (Å²) in [5.41, 5.74) is -2.05. The molecule has 0 bridgehead atoms. The van der Waals surface area contributed by atoms with Crippen molar-refractivity contribution in [2.24, 2.45) is 11.3 Å². The molecule has 0 spiro atoms. The minimum Gasteiger partial charge on any atom is -0.419 e. The van der Waals surface area contributed by atoms with Crippen LogP contribution in [-0.4, -0.2) is 33.4 Å². The number of hydrogen-bond donors (Lipinski definition) is 0. The SMILES string of the molecule is CC(C1=C(OC(=O)c2cccc([N+](=O)[O-])c2)C(=O)C=C(OC(=O)c2cccc([N+](=O)[O-])c2)C1=O)C(C)(C)C. The Labute approximate surface area is 215 Å². The summed E-state index contributed by atoms with van der Waals surface area (Å²) < 4.78 is 10.4. The number of non-ortho nitro benzene ring substituents is 2. The summed E-state index contributed by atoms with van der Waals surface area (Å²) in [7, 11) is 0. The first-order valence-electron chi connectivity index (χ1n) is 11.2. The number of hydrogen-bond acceptors (Lipinski definition) is 10. The summed E-state index contributed by atoms with van der Waals surface area (Å²) in [6, 6.07) is 9.27. The van der Waals surface area contributed by atoms with E-state index in [0.29, 0.717) is 6.08 Å². The average Bonchev–Trinajstić information content (AvgIpc) is 2.86. The van der Waals surface area contributed by atoms with Crippen molar-refractivity contribution in [2.75, 3.05) is 0 Å². The molecule has 1 aliphatic rings. The number of nitro benzene ring substituents is 2. The van der Waals surface area contributed by atoms with E-state index in [1.165, 1.54) is 36.4 Å². The van der Waals surface area contributed by atoms with Crippen LogP contribution in [0.15, 0.2) is 71.7 Å². The lowest BCUT2D eigenvalue weighted by molar-refractivity contribution is -0.385. The van der Waals surface area contributed by atoms with Crippen molar-refractivity contribution < 1.29 is 38.5 Å². The molecule has 2 aromatic carbocycles. The number of ketones is 2. The summed E-state index contributed by atoms with van der Waals surface area (Å²) in [6.07, 6.45) is 0.687. The molecule has 0 saturated carbocycles. The van der Waals surface area contributed by atoms with E-state index in [1.807, 2.05) is 0 Å². The highest BCUT2D eigenvalue weighted by atomic mass is 16.6. The van der Waals surface area contributed by atoms with E-state index in [1.54, 1.807) is 27.7 Å². The lowest BCUT2D eigenvalue weighted by atomic mass is 9.74. The molecule has 38 heavy (non-hydrogen) atoms. The highest BCUT2D eigenvalue weighted by Crippen LogP contribution is 2.37. The average molecular weight is 522 g/mol. The van der Waals surface area contributed by atoms with Gasteiger partial charge in [-0.2, -0.15) is 0 Å². The molecule has 0 aromatic heterocycles. The highest BCUT2D eigenvalue weighted by Gasteiger charge is 2.40. The van der Waals surface area contributed by atoms with Gasteiger partial charge in [-0.3, -0.25) is 29.8 Å². The number of ether oxygens (including phenoxy) is 2. The Morgan fingerprint density at radius 1 is 0.842 bits per heavy atom. The zero-order valence-electron chi connectivity index (χ0n) is 20.8. The summed E-state index contributed by atoms with van der Waals surface area (Å²) in [5, 5.41) is 22.1. The van der Waals surface area contributed by atoms with Crippen molar-refractivity contribution in [2.45, 2.75) is 27.7 Å². The van der Waals surface area contributed by atoms with Gasteiger partial charge >= 0.3 is 11.9 Å². The van der Waals surface area contributed by atoms with Gasteiger partial charge < -0.3 is 9.47 Å². The molecule has 12 nitrogen and oxygen atoms in total. The molecule has 2 aromatic rings. The molecule has 0 saturated heterocycles. The smallest absolute Gasteiger partial charge is 0.343 e. The van der Waals surface area contributed by atoms with Crippen LogP contribution < -0.4 is 0 Å². The van der Waals surface area contributed by atoms with Crippen molar-refractivity contribution in [3.63, 3.8) is 0 Å². The number of nitro groups is 2. The van der Waals surface area contributed by atoms with Gasteiger partial charge in [-0.25, -0.2) is 9.59 Å². The first-order valence-corrected chi connectivity index (χ1v) is 11.2. The third-order valence-electron chi connectivity index (χ3n) is 5.91. The number of nitrogens with zero attached hydrogens (tertiary/aromatic N) is 2. The van der Waals surface area contributed by atoms with Crippen LogP contribution in [0.5, 0.6) is 0 Å². The van der Waals surface area contributed by atoms with Crippen LogP contribution in [0.25, 0.3) is 0 Å². The predicted octanol–water partition coefficient (Wildman–Crippen LogP) is 4.49. The molecule has 3 rings (SSSR count). The van der Waals surface area contributed by atoms with E-state index < -0.39 is 56.2 Å². The number of Topliss-reactive ketones (excluding diaryl/α,β-unsaturated/α-hetero) is 1. The molecule has 0 aliphatic heterocycles. The number of carbonyl (C=O) groups excluding carboxylic acids is 4. The van der Waals surface area contributed by atoms with E-state index in [2.05, 4.69) is 0 Å². The van der Waals surface area contributed by atoms with Gasteiger partial charge in [-0.05, 0) is 23.5 Å². The maximum Gasteiger partial charge on any atom is 0.343 e. The fraction of sp³-hybridized carbons (Fsp3) is 0.231. The van der Waals surface area contributed by atoms with E-state index in [0.717, 1.165) is 12.1 Å². The van der Waals surface area contributed by atoms with Crippen LogP contribution in [0.4, 0.5) is 11.4 Å². The Balaban J connectivity index is 1.98. The van der Waals surface area contributed by atoms with Crippen molar-refractivity contribution in [1.29, 1.82) is 0 Å². The molecule has 0 amide bonds. The molecule has 12 heteroatoms. The van der Waals surface area contributed by atoms with Gasteiger partial charge in [0.2, 0.25) is 11.6 Å². The standard InChI is InChI=1S/C26H22N2O10/c1-14(26(2,3)4)21-22(30)20(37-24(31)15-7-5-9-17(11-15)27(33)34)13-19(29)23(21)38-25(32)16-8-6-10-18(12-16)28(35)36/h5-14H,1-4H3. The fourth-order valence-corrected chi connectivity index (χ4v) is 3.43. The summed E-state index contributed by atoms with van der Waals surface area (Å²) >= 11 is 0. The Hall–Kier alpha value is -5.00. The maximum atomic E-state index is 13.4. The molecule has 1 atom stereocenters. The minimum atomic E-state index is -1.11. The zero-order valence-corrected chi connectivity index (χ0v) is 20.8. The molecular weight excluding hydrogens is 500 g/mol. The zero-order chi connectivity index (χ0) is 28.4. The lowest BCUT2D eigenvalue weighted by Crippen LogP contribution is -2.32. The van der Waals surface area contributed by atoms with Gasteiger partial charge in [0.25, 0.3) is 11.4 Å². The van der Waals surface area contributed by atoms with Crippen LogP contribution in [0.1, 0.15) is 48.4 Å². The summed E-state index contributed by atoms with van der Waals surface area (Å²) in [4.78, 5) is 72.5. The molecule has 196 valence electrons. The van der Waals surface area contributed by atoms with E-state index in [-0.39, 0.29) is 28.1 Å². The normalized spacial score (nSPS) is 14.5. The summed E-state index contributed by atoms with van der Waals surface area (Å²) in [5.74, 6) is -5.98. The van der Waals surface area contributed by atoms with Crippen LogP contribution >= 0.6 is 0 Å². The summed E-state index contributed by atoms with van der Waals surface area (Å²) in [6.45, 7) is 6.94. The third kappa shape index (κ3) is 5.86. The second kappa shape index (κ2) is 10.5. The van der Waals surface area contributed by atoms with Crippen molar-refractivity contribution in [3.8, 4) is 0 Å². The van der Waals surface area contributed by atoms with E-state index in [9.17, 15) is 39.4 Å². The van der Waals surface area contributed by atoms with Crippen molar-refractivity contribution in [3.05, 3.63) is 103 Å². The molecule has 1 unspecified atom stereocenters. The van der Waals surface area contributed by atoms with Gasteiger partial charge in [-0.1, -0.05) is 39.8 Å². The Kier molecular flexibility index (Phi) is 7.66. The van der Waals surface area contributed by atoms with Gasteiger partial charge in [0.05, 0.1) is 26.5 Å². The van der Waals surface area contributed by atoms with Gasteiger partial charge in [0.15, 0.2) is 11.5 Å². The Morgan fingerprint density at radius 2 is 1.32 bits per heavy atom. The lowest BCUT2D eigenvalue weighted by Gasteiger charge is -2.31. The molecule has 0 N–H and O–H groups in total. The third-order valence-corrected chi connectivity index (χ3v) is 5.91. The quantitative estimate of drug-likeness (QED) is 0.218. The second-order valence-corrected chi connectivity index (χ2v) is 9.43. The van der Waals surface area contributed by atoms with E-state index >= 15 is 0 Å². The topological polar surface area (TPSA) is 173 Å². The van der Waals surface area contributed by atoms with Crippen LogP contribution in [0, 0.1) is 31.6 Å². The van der Waals surface area contributed by atoms with Crippen molar-refractivity contribution >= 4 is 34.9 Å². The number of esters is 2. The minimum absolute atomic E-state index is 0.221. The Morgan fingerprint density at radius 3 is 1.76 bits per heavy atom. The first-order chi connectivity index (χ1) is 17.7. The fourth-order valence-electron chi connectivity index (χ4n) is 3.43. The van der Waals surface area contributed by atoms with Gasteiger partial charge in [0.1, 0.15) is 0 Å². The number of benzene rings is 2. The predicted molar refractivity (Wildman–Crippen MR) is 131 cm³/mol. The monoisotopic (exact) mass is 522 g/mol. The van der Waals surface area contributed by atoms with Gasteiger partial charge in [-0.15, -0.1) is 0 Å².